The number of hydrogen-bond donors (Lipinski definition) is 1. The van der Waals surface area contributed by atoms with Crippen LogP contribution < -0.4 is 5.63 Å². The van der Waals surface area contributed by atoms with E-state index >= 15 is 0 Å². The van der Waals surface area contributed by atoms with E-state index < -0.39 is 0 Å². The maximum Gasteiger partial charge on any atom is 0.344 e. The number of H-pyrrole nitrogens is 1. The van der Waals surface area contributed by atoms with E-state index in [4.69, 9.17) is 4.42 Å². The summed E-state index contributed by atoms with van der Waals surface area (Å²) in [6, 6.07) is 28.1. The van der Waals surface area contributed by atoms with Crippen LogP contribution in [0.2, 0.25) is 0 Å². The van der Waals surface area contributed by atoms with Crippen LogP contribution in [-0.4, -0.2) is 4.98 Å². The number of nitrogens with one attached hydrogen (secondary N) is 1. The predicted octanol–water partition coefficient (Wildman–Crippen LogP) is 6.25. The number of para-hydroxylation sites is 1. The molecule has 3 heteroatoms. The zero-order chi connectivity index (χ0) is 18.7. The van der Waals surface area contributed by atoms with Gasteiger partial charge in [-0.2, -0.15) is 0 Å². The molecule has 2 aromatic heterocycles. The lowest BCUT2D eigenvalue weighted by atomic mass is 9.94. The number of fused-ring (bicyclic) bond motifs is 6. The summed E-state index contributed by atoms with van der Waals surface area (Å²) in [5.74, 6) is 0. The van der Waals surface area contributed by atoms with E-state index in [0.29, 0.717) is 11.0 Å². The summed E-state index contributed by atoms with van der Waals surface area (Å²) in [7, 11) is 0. The van der Waals surface area contributed by atoms with Crippen molar-refractivity contribution in [1.29, 1.82) is 0 Å². The van der Waals surface area contributed by atoms with Crippen molar-refractivity contribution in [3.63, 3.8) is 0 Å². The molecule has 0 saturated heterocycles. The lowest BCUT2D eigenvalue weighted by Gasteiger charge is -2.11. The second-order valence-electron chi connectivity index (χ2n) is 7.02. The highest BCUT2D eigenvalue weighted by atomic mass is 16.4. The second kappa shape index (κ2) is 5.57. The minimum absolute atomic E-state index is 0.304. The maximum absolute atomic E-state index is 12.6. The van der Waals surface area contributed by atoms with E-state index in [9.17, 15) is 4.79 Å². The molecule has 0 aliphatic carbocycles. The first kappa shape index (κ1) is 15.2. The average Bonchev–Trinajstić information content (AvgIpc) is 3.11. The van der Waals surface area contributed by atoms with E-state index in [-0.39, 0.29) is 5.63 Å². The molecule has 0 aliphatic rings. The summed E-state index contributed by atoms with van der Waals surface area (Å²) >= 11 is 0. The minimum atomic E-state index is -0.304. The second-order valence-corrected chi connectivity index (χ2v) is 7.02. The van der Waals surface area contributed by atoms with Crippen LogP contribution in [0.15, 0.2) is 94.1 Å². The van der Waals surface area contributed by atoms with Crippen molar-refractivity contribution in [3.8, 4) is 11.1 Å². The normalized spacial score (nSPS) is 11.7. The minimum Gasteiger partial charge on any atom is -0.422 e. The molecule has 0 saturated carbocycles. The first-order valence-corrected chi connectivity index (χ1v) is 9.26. The molecule has 0 unspecified atom stereocenters. The third-order valence-electron chi connectivity index (χ3n) is 5.45. The zero-order valence-corrected chi connectivity index (χ0v) is 14.9. The lowest BCUT2D eigenvalue weighted by molar-refractivity contribution is 0.570. The van der Waals surface area contributed by atoms with Crippen molar-refractivity contribution in [2.45, 2.75) is 0 Å². The Kier molecular flexibility index (Phi) is 3.03. The molecule has 3 nitrogen and oxygen atoms in total. The van der Waals surface area contributed by atoms with E-state index in [1.165, 1.54) is 0 Å². The third-order valence-corrected chi connectivity index (χ3v) is 5.45. The van der Waals surface area contributed by atoms with Gasteiger partial charge in [-0.25, -0.2) is 4.79 Å². The van der Waals surface area contributed by atoms with Gasteiger partial charge in [-0.15, -0.1) is 0 Å². The van der Waals surface area contributed by atoms with E-state index in [0.717, 1.165) is 43.7 Å². The van der Waals surface area contributed by atoms with Crippen molar-refractivity contribution in [1.82, 2.24) is 4.98 Å². The van der Waals surface area contributed by atoms with Crippen LogP contribution in [-0.2, 0) is 0 Å². The predicted molar refractivity (Wildman–Crippen MR) is 115 cm³/mol. The fourth-order valence-electron chi connectivity index (χ4n) is 4.24. The molecule has 132 valence electrons. The molecule has 0 bridgehead atoms. The zero-order valence-electron chi connectivity index (χ0n) is 14.9. The van der Waals surface area contributed by atoms with Crippen molar-refractivity contribution in [2.75, 3.05) is 0 Å². The first-order chi connectivity index (χ1) is 13.8. The highest BCUT2D eigenvalue weighted by Crippen LogP contribution is 2.41. The van der Waals surface area contributed by atoms with Crippen LogP contribution in [0.4, 0.5) is 0 Å². The van der Waals surface area contributed by atoms with E-state index in [1.807, 2.05) is 60.7 Å². The Labute approximate surface area is 159 Å². The van der Waals surface area contributed by atoms with Crippen LogP contribution in [0.5, 0.6) is 0 Å². The summed E-state index contributed by atoms with van der Waals surface area (Å²) in [6.07, 6.45) is 0. The van der Waals surface area contributed by atoms with Gasteiger partial charge in [-0.05, 0) is 23.8 Å². The van der Waals surface area contributed by atoms with Gasteiger partial charge in [-0.3, -0.25) is 0 Å². The highest BCUT2D eigenvalue weighted by Gasteiger charge is 2.18. The monoisotopic (exact) mass is 361 g/mol. The Morgan fingerprint density at radius 2 is 1.36 bits per heavy atom. The van der Waals surface area contributed by atoms with Crippen LogP contribution in [0.3, 0.4) is 0 Å². The largest absolute Gasteiger partial charge is 0.422 e. The molecular formula is C25H15NO2. The molecule has 28 heavy (non-hydrogen) atoms. The van der Waals surface area contributed by atoms with Gasteiger partial charge < -0.3 is 9.40 Å². The molecule has 0 amide bonds. The fourth-order valence-corrected chi connectivity index (χ4v) is 4.24. The Bertz CT molecular complexity index is 1570. The number of benzene rings is 4. The van der Waals surface area contributed by atoms with Gasteiger partial charge in [0.25, 0.3) is 0 Å². The molecule has 2 heterocycles. The maximum atomic E-state index is 12.6. The van der Waals surface area contributed by atoms with Crippen LogP contribution in [0.1, 0.15) is 0 Å². The smallest absolute Gasteiger partial charge is 0.344 e. The SMILES string of the molecule is O=c1oc2cc3c([nH]c4ccccc43)c(-c3ccccc3)c2c2ccccc12. The van der Waals surface area contributed by atoms with Crippen molar-refractivity contribution >= 4 is 43.5 Å². The topological polar surface area (TPSA) is 46.0 Å². The summed E-state index contributed by atoms with van der Waals surface area (Å²) in [6.45, 7) is 0. The molecule has 4 aromatic carbocycles. The van der Waals surface area contributed by atoms with E-state index in [1.54, 1.807) is 0 Å². The highest BCUT2D eigenvalue weighted by molar-refractivity contribution is 6.23. The molecule has 0 spiro atoms. The molecular weight excluding hydrogens is 346 g/mol. The van der Waals surface area contributed by atoms with Gasteiger partial charge in [-0.1, -0.05) is 66.7 Å². The Morgan fingerprint density at radius 3 is 2.18 bits per heavy atom. The Hall–Kier alpha value is -3.85. The molecule has 0 radical (unpaired) electrons. The number of aromatic amines is 1. The van der Waals surface area contributed by atoms with Gasteiger partial charge in [0.05, 0.1) is 10.9 Å². The standard InChI is InChI=1S/C25H15NO2/c27-25-18-12-5-4-11-17(18)23-21(28-25)14-19-16-10-6-7-13-20(16)26-24(19)22(23)15-8-2-1-3-9-15/h1-14,26H. The van der Waals surface area contributed by atoms with Gasteiger partial charge in [0.15, 0.2) is 0 Å². The van der Waals surface area contributed by atoms with Crippen LogP contribution >= 0.6 is 0 Å². The van der Waals surface area contributed by atoms with Crippen molar-refractivity contribution < 1.29 is 4.42 Å². The Balaban J connectivity index is 1.97. The number of aromatic nitrogens is 1. The summed E-state index contributed by atoms with van der Waals surface area (Å²) in [4.78, 5) is 16.2. The van der Waals surface area contributed by atoms with Gasteiger partial charge in [0.2, 0.25) is 0 Å². The van der Waals surface area contributed by atoms with Gasteiger partial charge >= 0.3 is 5.63 Å². The molecule has 0 aliphatic heterocycles. The van der Waals surface area contributed by atoms with Crippen molar-refractivity contribution in [3.05, 3.63) is 95.3 Å². The quantitative estimate of drug-likeness (QED) is 0.278. The lowest BCUT2D eigenvalue weighted by Crippen LogP contribution is -2.00. The first-order valence-electron chi connectivity index (χ1n) is 9.26. The number of rotatable bonds is 1. The van der Waals surface area contributed by atoms with E-state index in [2.05, 4.69) is 29.2 Å². The summed E-state index contributed by atoms with van der Waals surface area (Å²) in [5, 5.41) is 4.64. The summed E-state index contributed by atoms with van der Waals surface area (Å²) < 4.78 is 5.79. The fraction of sp³-hybridized carbons (Fsp3) is 0. The molecule has 0 fully saturated rings. The van der Waals surface area contributed by atoms with Crippen LogP contribution in [0, 0.1) is 0 Å². The van der Waals surface area contributed by atoms with Gasteiger partial charge in [0.1, 0.15) is 5.58 Å². The van der Waals surface area contributed by atoms with Gasteiger partial charge in [0, 0.05) is 32.6 Å². The number of hydrogen-bond acceptors (Lipinski definition) is 2. The average molecular weight is 361 g/mol. The van der Waals surface area contributed by atoms with Crippen molar-refractivity contribution in [2.24, 2.45) is 0 Å². The molecule has 6 rings (SSSR count). The summed E-state index contributed by atoms with van der Waals surface area (Å²) in [5.41, 5.74) is 4.57. The molecule has 6 aromatic rings. The molecule has 1 N–H and O–H groups in total. The Morgan fingerprint density at radius 1 is 0.679 bits per heavy atom. The molecule has 0 atom stereocenters. The van der Waals surface area contributed by atoms with Crippen LogP contribution in [0.25, 0.3) is 54.7 Å². The third kappa shape index (κ3) is 2.01.